The van der Waals surface area contributed by atoms with E-state index in [2.05, 4.69) is 49.7 Å². The standard InChI is InChI=1S/C14H19N/c1-4-9-14(2)10-11-15(3)13-8-6-5-7-12(13)14/h4-8H,1,9-11H2,2-3H3. The zero-order valence-electron chi connectivity index (χ0n) is 9.66. The third kappa shape index (κ3) is 1.67. The molecule has 15 heavy (non-hydrogen) atoms. The number of benzene rings is 1. The Morgan fingerprint density at radius 3 is 2.93 bits per heavy atom. The van der Waals surface area contributed by atoms with E-state index in [4.69, 9.17) is 0 Å². The van der Waals surface area contributed by atoms with E-state index in [9.17, 15) is 0 Å². The van der Waals surface area contributed by atoms with Gasteiger partial charge in [0.1, 0.15) is 0 Å². The van der Waals surface area contributed by atoms with Crippen LogP contribution >= 0.6 is 0 Å². The van der Waals surface area contributed by atoms with Crippen molar-refractivity contribution in [1.29, 1.82) is 0 Å². The minimum Gasteiger partial charge on any atom is -0.374 e. The highest BCUT2D eigenvalue weighted by Crippen LogP contribution is 2.41. The Morgan fingerprint density at radius 1 is 1.47 bits per heavy atom. The van der Waals surface area contributed by atoms with Gasteiger partial charge in [-0.15, -0.1) is 6.58 Å². The molecule has 0 saturated heterocycles. The van der Waals surface area contributed by atoms with Gasteiger partial charge in [-0.1, -0.05) is 31.2 Å². The van der Waals surface area contributed by atoms with Gasteiger partial charge >= 0.3 is 0 Å². The second-order valence-electron chi connectivity index (χ2n) is 4.74. The third-order valence-corrected chi connectivity index (χ3v) is 3.56. The predicted octanol–water partition coefficient (Wildman–Crippen LogP) is 3.36. The average Bonchev–Trinajstić information content (AvgIpc) is 2.25. The molecule has 0 saturated carbocycles. The monoisotopic (exact) mass is 201 g/mol. The van der Waals surface area contributed by atoms with Crippen LogP contribution in [-0.2, 0) is 5.41 Å². The van der Waals surface area contributed by atoms with Crippen LogP contribution in [0.4, 0.5) is 5.69 Å². The molecule has 1 aliphatic rings. The maximum Gasteiger partial charge on any atom is 0.0401 e. The van der Waals surface area contributed by atoms with Crippen LogP contribution in [0.25, 0.3) is 0 Å². The normalized spacial score (nSPS) is 24.8. The lowest BCUT2D eigenvalue weighted by Gasteiger charge is -2.40. The van der Waals surface area contributed by atoms with Crippen molar-refractivity contribution >= 4 is 5.69 Å². The number of anilines is 1. The molecule has 0 aliphatic carbocycles. The lowest BCUT2D eigenvalue weighted by molar-refractivity contribution is 0.425. The molecule has 2 rings (SSSR count). The summed E-state index contributed by atoms with van der Waals surface area (Å²) in [6, 6.07) is 8.73. The maximum absolute atomic E-state index is 3.88. The Bertz CT molecular complexity index is 369. The molecule has 0 amide bonds. The first-order chi connectivity index (χ1) is 7.17. The highest BCUT2D eigenvalue weighted by Gasteiger charge is 2.32. The fourth-order valence-electron chi connectivity index (χ4n) is 2.52. The first kappa shape index (κ1) is 10.3. The molecular weight excluding hydrogens is 182 g/mol. The van der Waals surface area contributed by atoms with E-state index in [1.807, 2.05) is 6.08 Å². The van der Waals surface area contributed by atoms with Gasteiger partial charge in [0.25, 0.3) is 0 Å². The minimum absolute atomic E-state index is 0.283. The molecule has 0 fully saturated rings. The van der Waals surface area contributed by atoms with Crippen LogP contribution < -0.4 is 4.90 Å². The molecule has 0 N–H and O–H groups in total. The van der Waals surface area contributed by atoms with Crippen LogP contribution in [0.5, 0.6) is 0 Å². The van der Waals surface area contributed by atoms with Crippen LogP contribution in [0.1, 0.15) is 25.3 Å². The number of hydrogen-bond acceptors (Lipinski definition) is 1. The van der Waals surface area contributed by atoms with Crippen molar-refractivity contribution in [3.8, 4) is 0 Å². The smallest absolute Gasteiger partial charge is 0.0401 e. The van der Waals surface area contributed by atoms with Crippen LogP contribution in [0, 0.1) is 0 Å². The molecule has 1 aromatic rings. The molecule has 0 radical (unpaired) electrons. The van der Waals surface area contributed by atoms with E-state index < -0.39 is 0 Å². The molecule has 1 unspecified atom stereocenters. The number of fused-ring (bicyclic) bond motifs is 1. The summed E-state index contributed by atoms with van der Waals surface area (Å²) < 4.78 is 0. The highest BCUT2D eigenvalue weighted by molar-refractivity contribution is 5.58. The van der Waals surface area contributed by atoms with Crippen molar-refractivity contribution in [2.45, 2.75) is 25.2 Å². The van der Waals surface area contributed by atoms with Crippen molar-refractivity contribution < 1.29 is 0 Å². The quantitative estimate of drug-likeness (QED) is 0.663. The third-order valence-electron chi connectivity index (χ3n) is 3.56. The molecule has 0 spiro atoms. The van der Waals surface area contributed by atoms with E-state index in [0.717, 1.165) is 13.0 Å². The fraction of sp³-hybridized carbons (Fsp3) is 0.429. The van der Waals surface area contributed by atoms with Crippen molar-refractivity contribution in [3.63, 3.8) is 0 Å². The Balaban J connectivity index is 2.48. The van der Waals surface area contributed by atoms with Crippen molar-refractivity contribution in [1.82, 2.24) is 0 Å². The van der Waals surface area contributed by atoms with Gasteiger partial charge in [-0.05, 0) is 29.9 Å². The summed E-state index contributed by atoms with van der Waals surface area (Å²) in [6.07, 6.45) is 4.33. The summed E-state index contributed by atoms with van der Waals surface area (Å²) in [6.45, 7) is 7.37. The Hall–Kier alpha value is -1.24. The first-order valence-electron chi connectivity index (χ1n) is 5.59. The van der Waals surface area contributed by atoms with Crippen LogP contribution in [0.2, 0.25) is 0 Å². The van der Waals surface area contributed by atoms with Gasteiger partial charge in [-0.3, -0.25) is 0 Å². The van der Waals surface area contributed by atoms with E-state index in [-0.39, 0.29) is 5.41 Å². The second-order valence-corrected chi connectivity index (χ2v) is 4.74. The molecule has 1 aromatic carbocycles. The second kappa shape index (κ2) is 3.73. The van der Waals surface area contributed by atoms with Gasteiger partial charge in [0, 0.05) is 19.3 Å². The van der Waals surface area contributed by atoms with Gasteiger partial charge in [0.05, 0.1) is 0 Å². The molecule has 1 heteroatoms. The number of hydrogen-bond donors (Lipinski definition) is 0. The Kier molecular flexibility index (Phi) is 2.56. The van der Waals surface area contributed by atoms with Crippen molar-refractivity contribution in [3.05, 3.63) is 42.5 Å². The topological polar surface area (TPSA) is 3.24 Å². The van der Waals surface area contributed by atoms with Gasteiger partial charge in [0.2, 0.25) is 0 Å². The molecular formula is C14H19N. The van der Waals surface area contributed by atoms with Gasteiger partial charge in [-0.25, -0.2) is 0 Å². The molecule has 0 bridgehead atoms. The Morgan fingerprint density at radius 2 is 2.20 bits per heavy atom. The number of nitrogens with zero attached hydrogens (tertiary/aromatic N) is 1. The van der Waals surface area contributed by atoms with Crippen LogP contribution in [-0.4, -0.2) is 13.6 Å². The van der Waals surface area contributed by atoms with E-state index >= 15 is 0 Å². The van der Waals surface area contributed by atoms with E-state index in [1.165, 1.54) is 17.7 Å². The number of rotatable bonds is 2. The minimum atomic E-state index is 0.283. The largest absolute Gasteiger partial charge is 0.374 e. The predicted molar refractivity (Wildman–Crippen MR) is 66.5 cm³/mol. The number of para-hydroxylation sites is 1. The fourth-order valence-corrected chi connectivity index (χ4v) is 2.52. The zero-order chi connectivity index (χ0) is 10.9. The van der Waals surface area contributed by atoms with Crippen molar-refractivity contribution in [2.75, 3.05) is 18.5 Å². The summed E-state index contributed by atoms with van der Waals surface area (Å²) in [4.78, 5) is 2.35. The number of allylic oxidation sites excluding steroid dienone is 1. The summed E-state index contributed by atoms with van der Waals surface area (Å²) in [7, 11) is 2.17. The lowest BCUT2D eigenvalue weighted by Crippen LogP contribution is -2.36. The Labute approximate surface area is 92.4 Å². The van der Waals surface area contributed by atoms with E-state index in [0.29, 0.717) is 0 Å². The SMILES string of the molecule is C=CCC1(C)CCN(C)c2ccccc21. The van der Waals surface area contributed by atoms with Gasteiger partial charge < -0.3 is 4.90 Å². The lowest BCUT2D eigenvalue weighted by atomic mass is 9.73. The first-order valence-corrected chi connectivity index (χ1v) is 5.59. The summed E-state index contributed by atoms with van der Waals surface area (Å²) in [5.41, 5.74) is 3.14. The molecule has 1 heterocycles. The average molecular weight is 201 g/mol. The van der Waals surface area contributed by atoms with Gasteiger partial charge in [-0.2, -0.15) is 0 Å². The summed E-state index contributed by atoms with van der Waals surface area (Å²) >= 11 is 0. The van der Waals surface area contributed by atoms with Crippen LogP contribution in [0.15, 0.2) is 36.9 Å². The molecule has 1 atom stereocenters. The van der Waals surface area contributed by atoms with Gasteiger partial charge in [0.15, 0.2) is 0 Å². The zero-order valence-corrected chi connectivity index (χ0v) is 9.66. The van der Waals surface area contributed by atoms with Crippen LogP contribution in [0.3, 0.4) is 0 Å². The molecule has 0 aromatic heterocycles. The molecule has 80 valence electrons. The highest BCUT2D eigenvalue weighted by atomic mass is 15.1. The summed E-state index contributed by atoms with van der Waals surface area (Å²) in [5, 5.41) is 0. The molecule has 1 nitrogen and oxygen atoms in total. The summed E-state index contributed by atoms with van der Waals surface area (Å²) in [5.74, 6) is 0. The van der Waals surface area contributed by atoms with Crippen molar-refractivity contribution in [2.24, 2.45) is 0 Å². The molecule has 1 aliphatic heterocycles. The van der Waals surface area contributed by atoms with E-state index in [1.54, 1.807) is 0 Å². The maximum atomic E-state index is 3.88.